The summed E-state index contributed by atoms with van der Waals surface area (Å²) in [5.41, 5.74) is -0.956. The highest BCUT2D eigenvalue weighted by molar-refractivity contribution is 7.89. The van der Waals surface area contributed by atoms with Crippen LogP contribution in [0.4, 0.5) is 0 Å². The van der Waals surface area contributed by atoms with E-state index >= 15 is 0 Å². The molecular formula is C11H14N2O3S. The van der Waals surface area contributed by atoms with Crippen LogP contribution in [0.5, 0.6) is 0 Å². The van der Waals surface area contributed by atoms with Gasteiger partial charge in [0.1, 0.15) is 0 Å². The van der Waals surface area contributed by atoms with E-state index in [9.17, 15) is 13.2 Å². The maximum absolute atomic E-state index is 12.3. The summed E-state index contributed by atoms with van der Waals surface area (Å²) in [5.74, 6) is -0.0462. The van der Waals surface area contributed by atoms with E-state index in [1.54, 1.807) is 13.8 Å². The van der Waals surface area contributed by atoms with Gasteiger partial charge in [-0.3, -0.25) is 9.78 Å². The van der Waals surface area contributed by atoms with Crippen LogP contribution in [0.25, 0.3) is 0 Å². The van der Waals surface area contributed by atoms with E-state index in [2.05, 4.69) is 4.98 Å². The Morgan fingerprint density at radius 1 is 1.29 bits per heavy atom. The number of carbonyl (C=O) groups excluding carboxylic acids is 1. The quantitative estimate of drug-likeness (QED) is 0.783. The number of ketones is 1. The number of hydrogen-bond donors (Lipinski definition) is 0. The maximum Gasteiger partial charge on any atom is 0.244 e. The highest BCUT2D eigenvalue weighted by Gasteiger charge is 2.46. The van der Waals surface area contributed by atoms with E-state index in [1.807, 2.05) is 0 Å². The zero-order valence-corrected chi connectivity index (χ0v) is 10.6. The Morgan fingerprint density at radius 3 is 2.35 bits per heavy atom. The van der Waals surface area contributed by atoms with E-state index in [1.165, 1.54) is 28.8 Å². The summed E-state index contributed by atoms with van der Waals surface area (Å²) in [7, 11) is -3.61. The maximum atomic E-state index is 12.3. The van der Waals surface area contributed by atoms with E-state index < -0.39 is 15.6 Å². The second-order valence-electron chi connectivity index (χ2n) is 4.49. The second-order valence-corrected chi connectivity index (χ2v) is 6.35. The molecule has 1 aromatic heterocycles. The molecule has 2 heterocycles. The van der Waals surface area contributed by atoms with Crippen molar-refractivity contribution in [3.8, 4) is 0 Å². The number of pyridine rings is 1. The highest BCUT2D eigenvalue weighted by atomic mass is 32.2. The molecule has 1 aliphatic heterocycles. The molecule has 17 heavy (non-hydrogen) atoms. The fourth-order valence-electron chi connectivity index (χ4n) is 1.99. The lowest BCUT2D eigenvalue weighted by Gasteiger charge is -2.28. The van der Waals surface area contributed by atoms with Crippen LogP contribution in [0.2, 0.25) is 0 Å². The number of rotatable bonds is 2. The van der Waals surface area contributed by atoms with Crippen molar-refractivity contribution in [1.82, 2.24) is 9.29 Å². The van der Waals surface area contributed by atoms with Crippen molar-refractivity contribution in [1.29, 1.82) is 0 Å². The van der Waals surface area contributed by atoms with Crippen molar-refractivity contribution >= 4 is 15.8 Å². The van der Waals surface area contributed by atoms with Gasteiger partial charge in [0.25, 0.3) is 0 Å². The van der Waals surface area contributed by atoms with Gasteiger partial charge in [-0.2, -0.15) is 4.31 Å². The van der Waals surface area contributed by atoms with Gasteiger partial charge in [-0.25, -0.2) is 8.42 Å². The molecule has 0 radical (unpaired) electrons. The van der Waals surface area contributed by atoms with E-state index in [0.717, 1.165) is 0 Å². The normalized spacial score (nSPS) is 20.7. The molecule has 1 fully saturated rings. The SMILES string of the molecule is CC1(C)C(=O)CCN1S(=O)(=O)c1ccncc1. The van der Waals surface area contributed by atoms with Gasteiger partial charge < -0.3 is 0 Å². The third-order valence-electron chi connectivity index (χ3n) is 3.09. The Kier molecular flexibility index (Phi) is 2.79. The predicted octanol–water partition coefficient (Wildman–Crippen LogP) is 0.824. The Balaban J connectivity index is 2.45. The fourth-order valence-corrected chi connectivity index (χ4v) is 3.74. The van der Waals surface area contributed by atoms with Crippen molar-refractivity contribution < 1.29 is 13.2 Å². The van der Waals surface area contributed by atoms with Crippen LogP contribution in [0.15, 0.2) is 29.4 Å². The number of hydrogen-bond acceptors (Lipinski definition) is 4. The smallest absolute Gasteiger partial charge is 0.244 e. The molecule has 5 nitrogen and oxygen atoms in total. The summed E-state index contributed by atoms with van der Waals surface area (Å²) in [6.07, 6.45) is 3.13. The molecule has 1 aliphatic rings. The zero-order chi connectivity index (χ0) is 12.7. The standard InChI is InChI=1S/C11H14N2O3S/c1-11(2)10(14)5-8-13(11)17(15,16)9-3-6-12-7-4-9/h3-4,6-7H,5,8H2,1-2H3. The van der Waals surface area contributed by atoms with Crippen molar-refractivity contribution in [3.63, 3.8) is 0 Å². The van der Waals surface area contributed by atoms with Crippen LogP contribution in [0.3, 0.4) is 0 Å². The molecule has 0 N–H and O–H groups in total. The zero-order valence-electron chi connectivity index (χ0n) is 9.75. The topological polar surface area (TPSA) is 67.3 Å². The van der Waals surface area contributed by atoms with Crippen LogP contribution in [-0.4, -0.2) is 35.6 Å². The third kappa shape index (κ3) is 1.87. The molecule has 2 rings (SSSR count). The van der Waals surface area contributed by atoms with E-state index in [4.69, 9.17) is 0 Å². The monoisotopic (exact) mass is 254 g/mol. The molecule has 0 atom stereocenters. The predicted molar refractivity (Wildman–Crippen MR) is 61.8 cm³/mol. The first-order valence-corrected chi connectivity index (χ1v) is 6.77. The summed E-state index contributed by atoms with van der Waals surface area (Å²) >= 11 is 0. The van der Waals surface area contributed by atoms with E-state index in [-0.39, 0.29) is 23.6 Å². The summed E-state index contributed by atoms with van der Waals surface area (Å²) in [4.78, 5) is 15.6. The molecule has 0 aliphatic carbocycles. The third-order valence-corrected chi connectivity index (χ3v) is 5.17. The first-order valence-electron chi connectivity index (χ1n) is 5.33. The lowest BCUT2D eigenvalue weighted by atomic mass is 10.0. The van der Waals surface area contributed by atoms with Crippen LogP contribution >= 0.6 is 0 Å². The van der Waals surface area contributed by atoms with Gasteiger partial charge in [0.15, 0.2) is 5.78 Å². The highest BCUT2D eigenvalue weighted by Crippen LogP contribution is 2.31. The minimum absolute atomic E-state index is 0.0462. The number of nitrogens with zero attached hydrogens (tertiary/aromatic N) is 2. The molecule has 6 heteroatoms. The Morgan fingerprint density at radius 2 is 1.88 bits per heavy atom. The Labute approximate surface area is 101 Å². The molecular weight excluding hydrogens is 240 g/mol. The molecule has 0 spiro atoms. The average molecular weight is 254 g/mol. The number of carbonyl (C=O) groups is 1. The first kappa shape index (κ1) is 12.2. The molecule has 0 bridgehead atoms. The molecule has 92 valence electrons. The van der Waals surface area contributed by atoms with Gasteiger partial charge >= 0.3 is 0 Å². The molecule has 1 aromatic rings. The summed E-state index contributed by atoms with van der Waals surface area (Å²) < 4.78 is 25.9. The van der Waals surface area contributed by atoms with Crippen LogP contribution in [-0.2, 0) is 14.8 Å². The largest absolute Gasteiger partial charge is 0.298 e. The molecule has 0 saturated carbocycles. The van der Waals surface area contributed by atoms with Crippen LogP contribution in [0, 0.1) is 0 Å². The van der Waals surface area contributed by atoms with Gasteiger partial charge in [-0.15, -0.1) is 0 Å². The second kappa shape index (κ2) is 3.89. The van der Waals surface area contributed by atoms with Gasteiger partial charge in [0.2, 0.25) is 10.0 Å². The molecule has 0 unspecified atom stereocenters. The lowest BCUT2D eigenvalue weighted by molar-refractivity contribution is -0.122. The van der Waals surface area contributed by atoms with Gasteiger partial charge in [0, 0.05) is 25.4 Å². The van der Waals surface area contributed by atoms with Crippen molar-refractivity contribution in [2.75, 3.05) is 6.54 Å². The fraction of sp³-hybridized carbons (Fsp3) is 0.455. The minimum Gasteiger partial charge on any atom is -0.298 e. The number of sulfonamides is 1. The number of Topliss-reactive ketones (excluding diaryl/α,β-unsaturated/α-hetero) is 1. The van der Waals surface area contributed by atoms with E-state index in [0.29, 0.717) is 0 Å². The van der Waals surface area contributed by atoms with Gasteiger partial charge in [-0.05, 0) is 26.0 Å². The Hall–Kier alpha value is -1.27. The number of aromatic nitrogens is 1. The summed E-state index contributed by atoms with van der Waals surface area (Å²) in [6.45, 7) is 3.53. The lowest BCUT2D eigenvalue weighted by Crippen LogP contribution is -2.46. The van der Waals surface area contributed by atoms with Gasteiger partial charge in [0.05, 0.1) is 10.4 Å². The average Bonchev–Trinajstić information content (AvgIpc) is 2.55. The Bertz CT molecular complexity index is 537. The summed E-state index contributed by atoms with van der Waals surface area (Å²) in [6, 6.07) is 2.88. The van der Waals surface area contributed by atoms with Crippen LogP contribution in [0.1, 0.15) is 20.3 Å². The minimum atomic E-state index is -3.61. The van der Waals surface area contributed by atoms with Crippen molar-refractivity contribution in [2.24, 2.45) is 0 Å². The van der Waals surface area contributed by atoms with Crippen molar-refractivity contribution in [3.05, 3.63) is 24.5 Å². The van der Waals surface area contributed by atoms with Gasteiger partial charge in [-0.1, -0.05) is 0 Å². The van der Waals surface area contributed by atoms with Crippen LogP contribution < -0.4 is 0 Å². The molecule has 0 aromatic carbocycles. The molecule has 1 saturated heterocycles. The summed E-state index contributed by atoms with van der Waals surface area (Å²) in [5, 5.41) is 0. The molecule has 0 amide bonds. The first-order chi connectivity index (χ1) is 7.87. The van der Waals surface area contributed by atoms with Crippen molar-refractivity contribution in [2.45, 2.75) is 30.7 Å².